The lowest BCUT2D eigenvalue weighted by Gasteiger charge is -2.57. The number of aliphatic hydroxyl groups is 6. The third-order valence-corrected chi connectivity index (χ3v) is 16.7. The number of benzene rings is 2. The van der Waals surface area contributed by atoms with Gasteiger partial charge in [-0.3, -0.25) is 0 Å². The quantitative estimate of drug-likeness (QED) is 0.0685. The number of allylic oxidation sites excluding steroid dienone is 4. The van der Waals surface area contributed by atoms with Gasteiger partial charge in [-0.25, -0.2) is 4.79 Å². The summed E-state index contributed by atoms with van der Waals surface area (Å²) in [6.07, 6.45) is 9.99. The second-order valence-electron chi connectivity index (χ2n) is 20.8. The number of nitrogens with zero attached hydrogens (tertiary/aromatic N) is 2. The highest BCUT2D eigenvalue weighted by atomic mass is 16.7. The lowest BCUT2D eigenvalue weighted by atomic mass is 9.49. The van der Waals surface area contributed by atoms with E-state index in [1.165, 1.54) is 0 Å². The number of hydrogen-bond donors (Lipinski definition) is 7. The van der Waals surface area contributed by atoms with Gasteiger partial charge < -0.3 is 64.0 Å². The second kappa shape index (κ2) is 20.9. The van der Waals surface area contributed by atoms with Gasteiger partial charge in [0.25, 0.3) is 0 Å². The van der Waals surface area contributed by atoms with Crippen LogP contribution in [0.3, 0.4) is 0 Å². The normalized spacial score (nSPS) is 34.4. The molecule has 378 valence electrons. The molecule has 1 saturated heterocycles. The zero-order valence-corrected chi connectivity index (χ0v) is 40.1. The Bertz CT molecular complexity index is 2580. The minimum atomic E-state index is -1.84. The van der Waals surface area contributed by atoms with Gasteiger partial charge >= 0.3 is 5.97 Å². The van der Waals surface area contributed by atoms with E-state index in [9.17, 15) is 45.8 Å². The first-order chi connectivity index (χ1) is 34.3. The van der Waals surface area contributed by atoms with E-state index in [0.29, 0.717) is 49.8 Å². The third kappa shape index (κ3) is 9.67. The molecule has 15 unspecified atom stereocenters. The summed E-state index contributed by atoms with van der Waals surface area (Å²) in [5.74, 6) is 1.38. The fourth-order valence-electron chi connectivity index (χ4n) is 13.3. The van der Waals surface area contributed by atoms with Crippen molar-refractivity contribution in [3.8, 4) is 23.8 Å². The number of aromatic carboxylic acids is 1. The Kier molecular flexibility index (Phi) is 14.9. The monoisotopic (exact) mass is 974 g/mol. The molecule has 1 aromatic heterocycles. The Labute approximate surface area is 414 Å². The molecule has 5 heterocycles. The molecular formula is C56H66N2O13. The fraction of sp³-hybridized carbons (Fsp3) is 0.536. The fourth-order valence-corrected chi connectivity index (χ4v) is 13.3. The van der Waals surface area contributed by atoms with Crippen molar-refractivity contribution >= 4 is 5.97 Å². The van der Waals surface area contributed by atoms with Crippen LogP contribution in [-0.4, -0.2) is 121 Å². The van der Waals surface area contributed by atoms with Crippen molar-refractivity contribution < 1.29 is 64.2 Å². The minimum absolute atomic E-state index is 0.00414. The molecule has 5 bridgehead atoms. The summed E-state index contributed by atoms with van der Waals surface area (Å²) in [4.78, 5) is 11.6. The number of methoxy groups -OCH3 is 1. The van der Waals surface area contributed by atoms with Gasteiger partial charge in [0, 0.05) is 50.3 Å². The second-order valence-corrected chi connectivity index (χ2v) is 20.8. The number of aliphatic hydroxyl groups excluding tert-OH is 5. The highest BCUT2D eigenvalue weighted by Crippen LogP contribution is 2.66. The molecule has 3 aromatic rings. The number of fused-ring (bicyclic) bond motifs is 9. The third-order valence-electron chi connectivity index (χ3n) is 16.7. The van der Waals surface area contributed by atoms with Gasteiger partial charge in [0.15, 0.2) is 5.60 Å². The lowest BCUT2D eigenvalue weighted by molar-refractivity contribution is -0.334. The summed E-state index contributed by atoms with van der Waals surface area (Å²) >= 11 is 0. The highest BCUT2D eigenvalue weighted by Gasteiger charge is 2.68. The highest BCUT2D eigenvalue weighted by molar-refractivity contribution is 5.87. The maximum Gasteiger partial charge on any atom is 0.335 e. The SMILES string of the molecule is C=CCc1ccc(OC2OC3C(CCCO)OC#CCC(O)C4CC2(OC=C2C=CC5CC24CC2(O)CC(Cc4ccc(C(=O)O)cc4)CC52)C(O)C3O)cc1CC(COC)C(CO)n1ccc(C#N)c1. The number of ether oxygens (including phenoxy) is 5. The van der Waals surface area contributed by atoms with E-state index >= 15 is 0 Å². The Balaban J connectivity index is 1.09. The number of carboxylic acids is 1. The van der Waals surface area contributed by atoms with Gasteiger partial charge in [-0.05, 0) is 134 Å². The van der Waals surface area contributed by atoms with Crippen LogP contribution in [0.25, 0.3) is 0 Å². The molecule has 0 amide bonds. The maximum absolute atomic E-state index is 13.0. The topological polar surface area (TPSA) is 234 Å². The average molecular weight is 975 g/mol. The van der Waals surface area contributed by atoms with Crippen molar-refractivity contribution in [2.45, 2.75) is 125 Å². The molecular weight excluding hydrogens is 909 g/mol. The minimum Gasteiger partial charge on any atom is -0.485 e. The van der Waals surface area contributed by atoms with Crippen LogP contribution >= 0.6 is 0 Å². The van der Waals surface area contributed by atoms with E-state index < -0.39 is 71.4 Å². The molecule has 10 rings (SSSR count). The predicted octanol–water partition coefficient (Wildman–Crippen LogP) is 5.16. The van der Waals surface area contributed by atoms with E-state index in [0.717, 1.165) is 28.7 Å². The number of hydrogen-bond acceptors (Lipinski definition) is 13. The Morgan fingerprint density at radius 3 is 2.62 bits per heavy atom. The van der Waals surface area contributed by atoms with Crippen molar-refractivity contribution in [2.75, 3.05) is 26.9 Å². The van der Waals surface area contributed by atoms with Gasteiger partial charge in [0.05, 0.1) is 48.3 Å². The molecule has 15 atom stereocenters. The molecule has 15 heteroatoms. The van der Waals surface area contributed by atoms with Gasteiger partial charge in [-0.2, -0.15) is 5.26 Å². The van der Waals surface area contributed by atoms with Crippen LogP contribution in [0.2, 0.25) is 0 Å². The molecule has 3 fully saturated rings. The molecule has 2 spiro atoms. The Hall–Kier alpha value is -5.46. The Morgan fingerprint density at radius 2 is 1.90 bits per heavy atom. The number of aromatic nitrogens is 1. The van der Waals surface area contributed by atoms with Crippen LogP contribution in [0.15, 0.2) is 97.6 Å². The zero-order chi connectivity index (χ0) is 50.1. The summed E-state index contributed by atoms with van der Waals surface area (Å²) in [5.41, 5.74) is 0.357. The molecule has 0 radical (unpaired) electrons. The molecule has 4 aliphatic heterocycles. The summed E-state index contributed by atoms with van der Waals surface area (Å²) in [7, 11) is 1.60. The molecule has 2 saturated carbocycles. The van der Waals surface area contributed by atoms with E-state index in [1.807, 2.05) is 34.9 Å². The largest absolute Gasteiger partial charge is 0.485 e. The smallest absolute Gasteiger partial charge is 0.335 e. The van der Waals surface area contributed by atoms with Crippen LogP contribution < -0.4 is 4.74 Å². The average Bonchev–Trinajstić information content (AvgIpc) is 3.93. The van der Waals surface area contributed by atoms with E-state index in [2.05, 4.69) is 30.8 Å². The Morgan fingerprint density at radius 1 is 1.08 bits per heavy atom. The number of carbonyl (C=O) groups is 1. The van der Waals surface area contributed by atoms with Gasteiger partial charge in [-0.1, -0.05) is 42.3 Å². The summed E-state index contributed by atoms with van der Waals surface area (Å²) in [6, 6.07) is 15.9. The number of nitriles is 1. The standard InChI is InChI=1S/C56H66N2O13/c1-3-6-37-14-16-43(24-40(37)23-41(31-67-2)46(30-60)58-18-17-35(28-57)29-58)70-53-56-27-45(47(61)7-5-20-68-48(8-4-19-59)50(71-53)49(62)51(56)63)54-26-39(13-15-42(54)32-69-56)44-22-36(25-55(44,66)33-54)21-34-9-11-38(12-10-34)52(64)65/h3,9-18,24,29,32,36,39,41,44-51,53,59-63,66H,1,4,6-8,19,21-23,25-27,30-31,33H2,2H3,(H,64,65). The van der Waals surface area contributed by atoms with E-state index in [-0.39, 0.29) is 74.7 Å². The van der Waals surface area contributed by atoms with Crippen molar-refractivity contribution in [1.29, 1.82) is 5.26 Å². The first-order valence-electron chi connectivity index (χ1n) is 24.9. The molecule has 2 aromatic carbocycles. The van der Waals surface area contributed by atoms with E-state index in [4.69, 9.17) is 23.7 Å². The molecule has 7 N–H and O–H groups in total. The van der Waals surface area contributed by atoms with Crippen molar-refractivity contribution in [3.63, 3.8) is 0 Å². The lowest BCUT2D eigenvalue weighted by Crippen LogP contribution is -2.70. The van der Waals surface area contributed by atoms with Gasteiger partial charge in [-0.15, -0.1) is 6.58 Å². The molecule has 3 aliphatic carbocycles. The van der Waals surface area contributed by atoms with E-state index in [1.54, 1.807) is 56.1 Å². The van der Waals surface area contributed by atoms with Crippen LogP contribution in [0.1, 0.15) is 90.0 Å². The number of rotatable bonds is 17. The predicted molar refractivity (Wildman–Crippen MR) is 258 cm³/mol. The zero-order valence-electron chi connectivity index (χ0n) is 40.1. The summed E-state index contributed by atoms with van der Waals surface area (Å²) < 4.78 is 34.3. The van der Waals surface area contributed by atoms with Crippen LogP contribution in [0.5, 0.6) is 5.75 Å². The molecule has 71 heavy (non-hydrogen) atoms. The van der Waals surface area contributed by atoms with Crippen molar-refractivity contribution in [1.82, 2.24) is 4.57 Å². The van der Waals surface area contributed by atoms with Crippen molar-refractivity contribution in [3.05, 3.63) is 125 Å². The first-order valence-corrected chi connectivity index (χ1v) is 24.9. The summed E-state index contributed by atoms with van der Waals surface area (Å²) in [5, 5.41) is 90.1. The van der Waals surface area contributed by atoms with Crippen LogP contribution in [-0.2, 0) is 38.2 Å². The van der Waals surface area contributed by atoms with Gasteiger partial charge in [0.2, 0.25) is 6.29 Å². The first kappa shape index (κ1) is 50.5. The van der Waals surface area contributed by atoms with Gasteiger partial charge in [0.1, 0.15) is 42.3 Å². The molecule has 7 aliphatic rings. The van der Waals surface area contributed by atoms with Crippen molar-refractivity contribution in [2.24, 2.45) is 35.0 Å². The van der Waals surface area contributed by atoms with Crippen LogP contribution in [0, 0.1) is 58.4 Å². The molecule has 15 nitrogen and oxygen atoms in total. The number of carboxylic acid groups (broad SMARTS) is 1. The van der Waals surface area contributed by atoms with Crippen LogP contribution in [0.4, 0.5) is 0 Å². The summed E-state index contributed by atoms with van der Waals surface area (Å²) in [6.45, 7) is 3.89. The maximum atomic E-state index is 13.0.